The monoisotopic (exact) mass is 364 g/mol. The smallest absolute Gasteiger partial charge is 0.212 e. The van der Waals surface area contributed by atoms with Crippen LogP contribution in [-0.4, -0.2) is 57.4 Å². The van der Waals surface area contributed by atoms with Crippen LogP contribution in [0.15, 0.2) is 24.3 Å². The molecule has 0 aromatic heterocycles. The zero-order chi connectivity index (χ0) is 17.1. The Morgan fingerprint density at radius 3 is 1.87 bits per heavy atom. The van der Waals surface area contributed by atoms with Crippen LogP contribution in [0.4, 0.5) is 4.39 Å². The van der Waals surface area contributed by atoms with Gasteiger partial charge in [0.05, 0.1) is 11.5 Å². The summed E-state index contributed by atoms with van der Waals surface area (Å²) in [5.74, 6) is -0.550. The quantitative estimate of drug-likeness (QED) is 0.755. The lowest BCUT2D eigenvalue weighted by molar-refractivity contribution is 0.272. The fourth-order valence-corrected chi connectivity index (χ4v) is 5.51. The molecule has 9 heteroatoms. The van der Waals surface area contributed by atoms with Crippen LogP contribution in [0.1, 0.15) is 18.9 Å². The Labute approximate surface area is 137 Å². The second kappa shape index (κ2) is 7.25. The van der Waals surface area contributed by atoms with Crippen molar-refractivity contribution in [3.8, 4) is 0 Å². The lowest BCUT2D eigenvalue weighted by Crippen LogP contribution is -2.51. The molecule has 0 atom stereocenters. The number of hydrogen-bond donors (Lipinski definition) is 0. The molecular formula is C14H21FN2O4S2. The Balaban J connectivity index is 2.00. The summed E-state index contributed by atoms with van der Waals surface area (Å²) in [5.41, 5.74) is 0.507. The topological polar surface area (TPSA) is 74.8 Å². The van der Waals surface area contributed by atoms with E-state index in [1.54, 1.807) is 6.92 Å². The Bertz CT molecular complexity index is 725. The zero-order valence-electron chi connectivity index (χ0n) is 13.0. The number of sulfonamides is 2. The summed E-state index contributed by atoms with van der Waals surface area (Å²) >= 11 is 0. The molecule has 0 N–H and O–H groups in total. The number of nitrogens with zero attached hydrogens (tertiary/aromatic N) is 2. The van der Waals surface area contributed by atoms with Gasteiger partial charge in [-0.05, 0) is 24.1 Å². The minimum Gasteiger partial charge on any atom is -0.212 e. The van der Waals surface area contributed by atoms with Crippen molar-refractivity contribution in [1.29, 1.82) is 0 Å². The van der Waals surface area contributed by atoms with E-state index in [1.165, 1.54) is 32.9 Å². The van der Waals surface area contributed by atoms with Gasteiger partial charge in [-0.3, -0.25) is 0 Å². The average molecular weight is 364 g/mol. The molecule has 0 amide bonds. The lowest BCUT2D eigenvalue weighted by Gasteiger charge is -2.33. The maximum Gasteiger partial charge on any atom is 0.218 e. The molecule has 1 saturated heterocycles. The first-order valence-corrected chi connectivity index (χ1v) is 10.7. The highest BCUT2D eigenvalue weighted by Crippen LogP contribution is 2.16. The number of piperazine rings is 1. The van der Waals surface area contributed by atoms with Gasteiger partial charge in [0.1, 0.15) is 5.82 Å². The fraction of sp³-hybridized carbons (Fsp3) is 0.571. The molecule has 0 spiro atoms. The van der Waals surface area contributed by atoms with Crippen LogP contribution in [0, 0.1) is 5.82 Å². The molecule has 0 radical (unpaired) electrons. The fourth-order valence-electron chi connectivity index (χ4n) is 2.50. The van der Waals surface area contributed by atoms with E-state index >= 15 is 0 Å². The largest absolute Gasteiger partial charge is 0.218 e. The van der Waals surface area contributed by atoms with Crippen molar-refractivity contribution in [3.05, 3.63) is 35.6 Å². The summed E-state index contributed by atoms with van der Waals surface area (Å²) in [6, 6.07) is 5.32. The van der Waals surface area contributed by atoms with E-state index in [2.05, 4.69) is 0 Å². The summed E-state index contributed by atoms with van der Waals surface area (Å²) in [6.07, 6.45) is 0.533. The first-order valence-electron chi connectivity index (χ1n) is 7.45. The highest BCUT2D eigenvalue weighted by Gasteiger charge is 2.31. The zero-order valence-corrected chi connectivity index (χ0v) is 14.6. The average Bonchev–Trinajstić information content (AvgIpc) is 2.49. The van der Waals surface area contributed by atoms with Crippen LogP contribution < -0.4 is 0 Å². The van der Waals surface area contributed by atoms with Gasteiger partial charge in [0.15, 0.2) is 0 Å². The standard InChI is InChI=1S/C14H21FN2O4S2/c1-2-11-22(18,19)16-7-9-17(10-8-16)23(20,21)12-13-3-5-14(15)6-4-13/h3-6H,2,7-12H2,1H3. The summed E-state index contributed by atoms with van der Waals surface area (Å²) in [6.45, 7) is 2.43. The van der Waals surface area contributed by atoms with Gasteiger partial charge in [-0.15, -0.1) is 0 Å². The summed E-state index contributed by atoms with van der Waals surface area (Å²) < 4.78 is 64.3. The van der Waals surface area contributed by atoms with Crippen LogP contribution in [0.5, 0.6) is 0 Å². The van der Waals surface area contributed by atoms with E-state index in [4.69, 9.17) is 0 Å². The Kier molecular flexibility index (Phi) is 5.77. The number of benzene rings is 1. The van der Waals surface area contributed by atoms with E-state index < -0.39 is 25.9 Å². The number of halogens is 1. The number of hydrogen-bond acceptors (Lipinski definition) is 4. The Morgan fingerprint density at radius 2 is 1.39 bits per heavy atom. The van der Waals surface area contributed by atoms with Gasteiger partial charge >= 0.3 is 0 Å². The molecular weight excluding hydrogens is 343 g/mol. The Hall–Kier alpha value is -1.03. The van der Waals surface area contributed by atoms with E-state index in [0.29, 0.717) is 12.0 Å². The van der Waals surface area contributed by atoms with Gasteiger partial charge in [0.25, 0.3) is 0 Å². The molecule has 23 heavy (non-hydrogen) atoms. The van der Waals surface area contributed by atoms with E-state index in [9.17, 15) is 21.2 Å². The summed E-state index contributed by atoms with van der Waals surface area (Å²) in [4.78, 5) is 0. The molecule has 0 unspecified atom stereocenters. The van der Waals surface area contributed by atoms with E-state index in [0.717, 1.165) is 0 Å². The van der Waals surface area contributed by atoms with Gasteiger partial charge in [0.2, 0.25) is 20.0 Å². The minimum atomic E-state index is -3.54. The SMILES string of the molecule is CCCS(=O)(=O)N1CCN(S(=O)(=O)Cc2ccc(F)cc2)CC1. The number of rotatable bonds is 6. The molecule has 0 bridgehead atoms. The van der Waals surface area contributed by atoms with Crippen molar-refractivity contribution in [2.24, 2.45) is 0 Å². The minimum absolute atomic E-state index is 0.0787. The first-order chi connectivity index (χ1) is 10.7. The highest BCUT2D eigenvalue weighted by atomic mass is 32.2. The summed E-state index contributed by atoms with van der Waals surface area (Å²) in [5, 5.41) is 0. The second-order valence-electron chi connectivity index (χ2n) is 5.50. The molecule has 6 nitrogen and oxygen atoms in total. The molecule has 0 aliphatic carbocycles. The first kappa shape index (κ1) is 18.3. The van der Waals surface area contributed by atoms with E-state index in [-0.39, 0.29) is 37.7 Å². The van der Waals surface area contributed by atoms with Crippen molar-refractivity contribution in [3.63, 3.8) is 0 Å². The second-order valence-corrected chi connectivity index (χ2v) is 9.55. The molecule has 2 rings (SSSR count). The molecule has 0 saturated carbocycles. The molecule has 1 aromatic carbocycles. The molecule has 1 aliphatic heterocycles. The van der Waals surface area contributed by atoms with Gasteiger partial charge < -0.3 is 0 Å². The van der Waals surface area contributed by atoms with E-state index in [1.807, 2.05) is 0 Å². The van der Waals surface area contributed by atoms with Crippen molar-refractivity contribution in [2.75, 3.05) is 31.9 Å². The van der Waals surface area contributed by atoms with Crippen molar-refractivity contribution < 1.29 is 21.2 Å². The van der Waals surface area contributed by atoms with Gasteiger partial charge in [-0.1, -0.05) is 19.1 Å². The van der Waals surface area contributed by atoms with Crippen molar-refractivity contribution >= 4 is 20.0 Å². The van der Waals surface area contributed by atoms with Gasteiger partial charge in [0, 0.05) is 26.2 Å². The molecule has 1 fully saturated rings. The molecule has 1 aromatic rings. The van der Waals surface area contributed by atoms with Crippen molar-refractivity contribution in [2.45, 2.75) is 19.1 Å². The van der Waals surface area contributed by atoms with Crippen LogP contribution >= 0.6 is 0 Å². The van der Waals surface area contributed by atoms with Crippen LogP contribution in [0.3, 0.4) is 0 Å². The summed E-state index contributed by atoms with van der Waals surface area (Å²) in [7, 11) is -6.84. The van der Waals surface area contributed by atoms with Crippen LogP contribution in [0.25, 0.3) is 0 Å². The maximum absolute atomic E-state index is 12.9. The normalized spacial score (nSPS) is 18.2. The maximum atomic E-state index is 12.9. The molecule has 1 heterocycles. The predicted molar refractivity (Wildman–Crippen MR) is 86.2 cm³/mol. The third-order valence-electron chi connectivity index (χ3n) is 3.71. The van der Waals surface area contributed by atoms with Gasteiger partial charge in [-0.25, -0.2) is 21.2 Å². The third kappa shape index (κ3) is 4.72. The highest BCUT2D eigenvalue weighted by molar-refractivity contribution is 7.89. The van der Waals surface area contributed by atoms with Crippen molar-refractivity contribution in [1.82, 2.24) is 8.61 Å². The molecule has 1 aliphatic rings. The third-order valence-corrected chi connectivity index (χ3v) is 7.63. The predicted octanol–water partition coefficient (Wildman–Crippen LogP) is 1.01. The van der Waals surface area contributed by atoms with Crippen LogP contribution in [-0.2, 0) is 25.8 Å². The Morgan fingerprint density at radius 1 is 0.913 bits per heavy atom. The molecule has 130 valence electrons. The van der Waals surface area contributed by atoms with Crippen LogP contribution in [0.2, 0.25) is 0 Å². The van der Waals surface area contributed by atoms with Gasteiger partial charge in [-0.2, -0.15) is 8.61 Å². The lowest BCUT2D eigenvalue weighted by atomic mass is 10.2.